The van der Waals surface area contributed by atoms with E-state index < -0.39 is 0 Å². The molecule has 0 N–H and O–H groups in total. The summed E-state index contributed by atoms with van der Waals surface area (Å²) < 4.78 is 5.22. The lowest BCUT2D eigenvalue weighted by Crippen LogP contribution is -2.49. The number of ketones is 1. The Balaban J connectivity index is 1.48. The lowest BCUT2D eigenvalue weighted by molar-refractivity contribution is 0.0742. The highest BCUT2D eigenvalue weighted by molar-refractivity contribution is 6.15. The van der Waals surface area contributed by atoms with Gasteiger partial charge in [-0.3, -0.25) is 9.59 Å². The first-order valence-corrected chi connectivity index (χ1v) is 10.5. The number of ether oxygens (including phenoxy) is 1. The fraction of sp³-hybridized carbons (Fsp3) is 0.231. The summed E-state index contributed by atoms with van der Waals surface area (Å²) in [6, 6.07) is 22.5. The molecule has 1 aliphatic heterocycles. The maximum Gasteiger partial charge on any atom is 0.254 e. The van der Waals surface area contributed by atoms with Gasteiger partial charge in [-0.05, 0) is 37.3 Å². The molecule has 0 aliphatic carbocycles. The molecular formula is C26H26N2O3. The van der Waals surface area contributed by atoms with E-state index in [0.29, 0.717) is 29.8 Å². The lowest BCUT2D eigenvalue weighted by Gasteiger charge is -2.36. The van der Waals surface area contributed by atoms with Crippen LogP contribution in [0, 0.1) is 6.92 Å². The molecule has 0 radical (unpaired) electrons. The Labute approximate surface area is 182 Å². The van der Waals surface area contributed by atoms with Crippen molar-refractivity contribution in [1.82, 2.24) is 4.90 Å². The van der Waals surface area contributed by atoms with Gasteiger partial charge in [0.25, 0.3) is 5.91 Å². The van der Waals surface area contributed by atoms with Crippen molar-refractivity contribution in [3.63, 3.8) is 0 Å². The van der Waals surface area contributed by atoms with E-state index in [1.807, 2.05) is 66.4 Å². The Morgan fingerprint density at radius 3 is 2.00 bits per heavy atom. The minimum atomic E-state index is -0.124. The molecule has 0 saturated carbocycles. The molecule has 0 aromatic heterocycles. The van der Waals surface area contributed by atoms with Gasteiger partial charge in [-0.15, -0.1) is 0 Å². The van der Waals surface area contributed by atoms with Crippen LogP contribution >= 0.6 is 0 Å². The van der Waals surface area contributed by atoms with Crippen LogP contribution in [0.3, 0.4) is 0 Å². The van der Waals surface area contributed by atoms with Crippen molar-refractivity contribution in [1.29, 1.82) is 0 Å². The Morgan fingerprint density at radius 1 is 0.774 bits per heavy atom. The lowest BCUT2D eigenvalue weighted by atomic mass is 9.97. The molecule has 0 spiro atoms. The van der Waals surface area contributed by atoms with Crippen molar-refractivity contribution in [3.05, 3.63) is 95.1 Å². The maximum atomic E-state index is 13.3. The molecule has 5 heteroatoms. The van der Waals surface area contributed by atoms with E-state index in [9.17, 15) is 9.59 Å². The molecule has 3 aromatic rings. The Bertz CT molecular complexity index is 1070. The second-order valence-electron chi connectivity index (χ2n) is 7.72. The number of rotatable bonds is 5. The molecule has 4 rings (SSSR count). The Hall–Kier alpha value is -3.60. The molecule has 1 saturated heterocycles. The highest BCUT2D eigenvalue weighted by atomic mass is 16.5. The van der Waals surface area contributed by atoms with Crippen LogP contribution < -0.4 is 9.64 Å². The van der Waals surface area contributed by atoms with Crippen LogP contribution in [0.25, 0.3) is 0 Å². The number of methoxy groups -OCH3 is 1. The molecule has 5 nitrogen and oxygen atoms in total. The summed E-state index contributed by atoms with van der Waals surface area (Å²) >= 11 is 0. The van der Waals surface area contributed by atoms with Crippen molar-refractivity contribution in [3.8, 4) is 5.75 Å². The number of anilines is 1. The van der Waals surface area contributed by atoms with Crippen LogP contribution in [-0.4, -0.2) is 49.9 Å². The van der Waals surface area contributed by atoms with Gasteiger partial charge in [-0.25, -0.2) is 0 Å². The smallest absolute Gasteiger partial charge is 0.254 e. The topological polar surface area (TPSA) is 49.9 Å². The van der Waals surface area contributed by atoms with Gasteiger partial charge in [-0.2, -0.15) is 0 Å². The third kappa shape index (κ3) is 4.45. The van der Waals surface area contributed by atoms with Gasteiger partial charge in [0, 0.05) is 43.0 Å². The molecule has 0 bridgehead atoms. The fourth-order valence-corrected chi connectivity index (χ4v) is 3.86. The van der Waals surface area contributed by atoms with E-state index in [-0.39, 0.29) is 11.7 Å². The molecule has 0 unspecified atom stereocenters. The molecule has 31 heavy (non-hydrogen) atoms. The first-order chi connectivity index (χ1) is 15.1. The normalized spacial score (nSPS) is 13.7. The average Bonchev–Trinajstić information content (AvgIpc) is 2.84. The monoisotopic (exact) mass is 414 g/mol. The fourth-order valence-electron chi connectivity index (χ4n) is 3.86. The summed E-state index contributed by atoms with van der Waals surface area (Å²) in [4.78, 5) is 30.4. The van der Waals surface area contributed by atoms with Gasteiger partial charge >= 0.3 is 0 Å². The Morgan fingerprint density at radius 2 is 1.39 bits per heavy atom. The quantitative estimate of drug-likeness (QED) is 0.587. The number of piperazine rings is 1. The third-order valence-corrected chi connectivity index (χ3v) is 5.72. The first kappa shape index (κ1) is 20.7. The number of benzene rings is 3. The first-order valence-electron chi connectivity index (χ1n) is 10.5. The number of carbonyl (C=O) groups excluding carboxylic acids is 2. The molecule has 1 heterocycles. The standard InChI is InChI=1S/C26H26N2O3/c1-19-7-9-20(10-8-19)25(29)23-5-3-4-6-24(23)26(30)28-17-15-27(16-18-28)21-11-13-22(31-2)14-12-21/h3-14H,15-18H2,1-2H3. The summed E-state index contributed by atoms with van der Waals surface area (Å²) in [5, 5.41) is 0. The molecular weight excluding hydrogens is 388 g/mol. The van der Waals surface area contributed by atoms with Crippen LogP contribution in [0.5, 0.6) is 5.75 Å². The maximum absolute atomic E-state index is 13.3. The minimum Gasteiger partial charge on any atom is -0.497 e. The number of aryl methyl sites for hydroxylation is 1. The number of carbonyl (C=O) groups is 2. The molecule has 3 aromatic carbocycles. The van der Waals surface area contributed by atoms with Crippen LogP contribution in [0.4, 0.5) is 5.69 Å². The molecule has 1 aliphatic rings. The molecule has 1 fully saturated rings. The highest BCUT2D eigenvalue weighted by Crippen LogP contribution is 2.22. The van der Waals surface area contributed by atoms with Gasteiger partial charge in [0.2, 0.25) is 0 Å². The van der Waals surface area contributed by atoms with E-state index in [2.05, 4.69) is 4.90 Å². The predicted molar refractivity (Wildman–Crippen MR) is 122 cm³/mol. The van der Waals surface area contributed by atoms with Crippen LogP contribution in [0.15, 0.2) is 72.8 Å². The van der Waals surface area contributed by atoms with Gasteiger partial charge in [-0.1, -0.05) is 48.0 Å². The zero-order valence-electron chi connectivity index (χ0n) is 17.9. The zero-order chi connectivity index (χ0) is 21.8. The van der Waals surface area contributed by atoms with Gasteiger partial charge in [0.1, 0.15) is 5.75 Å². The number of nitrogens with zero attached hydrogens (tertiary/aromatic N) is 2. The summed E-state index contributed by atoms with van der Waals surface area (Å²) in [5.41, 5.74) is 3.72. The number of amides is 1. The summed E-state index contributed by atoms with van der Waals surface area (Å²) in [5.74, 6) is 0.610. The van der Waals surface area contributed by atoms with Crippen LogP contribution in [0.1, 0.15) is 31.8 Å². The summed E-state index contributed by atoms with van der Waals surface area (Å²) in [6.45, 7) is 4.69. The predicted octanol–water partition coefficient (Wildman–Crippen LogP) is 4.20. The van der Waals surface area contributed by atoms with Gasteiger partial charge < -0.3 is 14.5 Å². The van der Waals surface area contributed by atoms with Crippen LogP contribution in [-0.2, 0) is 0 Å². The zero-order valence-corrected chi connectivity index (χ0v) is 17.9. The van der Waals surface area contributed by atoms with E-state index in [1.165, 1.54) is 0 Å². The average molecular weight is 415 g/mol. The van der Waals surface area contributed by atoms with Crippen molar-refractivity contribution in [2.45, 2.75) is 6.92 Å². The van der Waals surface area contributed by atoms with Crippen molar-refractivity contribution in [2.75, 3.05) is 38.2 Å². The summed E-state index contributed by atoms with van der Waals surface area (Å²) in [7, 11) is 1.65. The highest BCUT2D eigenvalue weighted by Gasteiger charge is 2.26. The molecule has 1 amide bonds. The number of hydrogen-bond donors (Lipinski definition) is 0. The van der Waals surface area contributed by atoms with E-state index >= 15 is 0 Å². The minimum absolute atomic E-state index is 0.0922. The van der Waals surface area contributed by atoms with E-state index in [1.54, 1.807) is 25.3 Å². The van der Waals surface area contributed by atoms with E-state index in [4.69, 9.17) is 4.74 Å². The SMILES string of the molecule is COc1ccc(N2CCN(C(=O)c3ccccc3C(=O)c3ccc(C)cc3)CC2)cc1. The molecule has 158 valence electrons. The molecule has 0 atom stereocenters. The third-order valence-electron chi connectivity index (χ3n) is 5.72. The van der Waals surface area contributed by atoms with Crippen molar-refractivity contribution < 1.29 is 14.3 Å². The second-order valence-corrected chi connectivity index (χ2v) is 7.72. The van der Waals surface area contributed by atoms with Crippen LogP contribution in [0.2, 0.25) is 0 Å². The van der Waals surface area contributed by atoms with Crippen molar-refractivity contribution >= 4 is 17.4 Å². The van der Waals surface area contributed by atoms with Gasteiger partial charge in [0.05, 0.1) is 12.7 Å². The number of hydrogen-bond acceptors (Lipinski definition) is 4. The van der Waals surface area contributed by atoms with Gasteiger partial charge in [0.15, 0.2) is 5.78 Å². The Kier molecular flexibility index (Phi) is 6.03. The van der Waals surface area contributed by atoms with E-state index in [0.717, 1.165) is 30.1 Å². The second kappa shape index (κ2) is 9.04. The largest absolute Gasteiger partial charge is 0.497 e. The summed E-state index contributed by atoms with van der Waals surface area (Å²) in [6.07, 6.45) is 0. The van der Waals surface area contributed by atoms with Crippen molar-refractivity contribution in [2.24, 2.45) is 0 Å².